The van der Waals surface area contributed by atoms with Crippen LogP contribution in [0.25, 0.3) is 0 Å². The molecule has 0 saturated heterocycles. The SMILES string of the molecule is OCC1(NCCCC(F)(F)F)CC1. The summed E-state index contributed by atoms with van der Waals surface area (Å²) in [4.78, 5) is 0. The van der Waals surface area contributed by atoms with Crippen molar-refractivity contribution in [2.45, 2.75) is 37.4 Å². The molecule has 1 rings (SSSR count). The van der Waals surface area contributed by atoms with Gasteiger partial charge in [0.05, 0.1) is 6.61 Å². The lowest BCUT2D eigenvalue weighted by Crippen LogP contribution is -2.35. The molecule has 5 heteroatoms. The molecule has 0 spiro atoms. The van der Waals surface area contributed by atoms with Crippen molar-refractivity contribution >= 4 is 0 Å². The Morgan fingerprint density at radius 2 is 1.92 bits per heavy atom. The van der Waals surface area contributed by atoms with Gasteiger partial charge in [-0.15, -0.1) is 0 Å². The van der Waals surface area contributed by atoms with Crippen molar-refractivity contribution in [1.82, 2.24) is 5.32 Å². The van der Waals surface area contributed by atoms with Crippen LogP contribution in [-0.2, 0) is 0 Å². The zero-order valence-corrected chi connectivity index (χ0v) is 7.32. The van der Waals surface area contributed by atoms with Crippen molar-refractivity contribution in [2.75, 3.05) is 13.2 Å². The highest BCUT2D eigenvalue weighted by atomic mass is 19.4. The molecule has 0 heterocycles. The summed E-state index contributed by atoms with van der Waals surface area (Å²) < 4.78 is 35.1. The Morgan fingerprint density at radius 3 is 2.31 bits per heavy atom. The Balaban J connectivity index is 2.02. The molecule has 1 fully saturated rings. The van der Waals surface area contributed by atoms with Gasteiger partial charge in [0.25, 0.3) is 0 Å². The second kappa shape index (κ2) is 3.84. The summed E-state index contributed by atoms with van der Waals surface area (Å²) in [6, 6.07) is 0. The first kappa shape index (κ1) is 10.8. The largest absolute Gasteiger partial charge is 0.394 e. The maximum Gasteiger partial charge on any atom is 0.389 e. The van der Waals surface area contributed by atoms with Gasteiger partial charge >= 0.3 is 6.18 Å². The second-order valence-corrected chi connectivity index (χ2v) is 3.58. The fourth-order valence-corrected chi connectivity index (χ4v) is 1.18. The van der Waals surface area contributed by atoms with Crippen LogP contribution < -0.4 is 5.32 Å². The van der Waals surface area contributed by atoms with E-state index in [-0.39, 0.29) is 18.6 Å². The van der Waals surface area contributed by atoms with Gasteiger partial charge in [-0.2, -0.15) is 13.2 Å². The van der Waals surface area contributed by atoms with Crippen molar-refractivity contribution in [2.24, 2.45) is 0 Å². The molecular weight excluding hydrogens is 183 g/mol. The molecule has 0 aromatic rings. The number of rotatable bonds is 5. The topological polar surface area (TPSA) is 32.3 Å². The predicted octanol–water partition coefficient (Wildman–Crippen LogP) is 1.44. The quantitative estimate of drug-likeness (QED) is 0.654. The van der Waals surface area contributed by atoms with Crippen LogP contribution in [0, 0.1) is 0 Å². The van der Waals surface area contributed by atoms with Gasteiger partial charge in [-0.1, -0.05) is 0 Å². The number of hydrogen-bond acceptors (Lipinski definition) is 2. The molecule has 0 radical (unpaired) electrons. The Hall–Kier alpha value is -0.290. The highest BCUT2D eigenvalue weighted by Gasteiger charge is 2.41. The Kier molecular flexibility index (Phi) is 3.18. The molecule has 2 nitrogen and oxygen atoms in total. The van der Waals surface area contributed by atoms with Crippen LogP contribution in [0.1, 0.15) is 25.7 Å². The minimum absolute atomic E-state index is 0.0268. The number of halogens is 3. The molecule has 78 valence electrons. The van der Waals surface area contributed by atoms with E-state index in [0.717, 1.165) is 12.8 Å². The van der Waals surface area contributed by atoms with Crippen LogP contribution in [0.2, 0.25) is 0 Å². The molecule has 1 aliphatic carbocycles. The third-order valence-electron chi connectivity index (χ3n) is 2.29. The van der Waals surface area contributed by atoms with Crippen molar-refractivity contribution in [3.63, 3.8) is 0 Å². The summed E-state index contributed by atoms with van der Waals surface area (Å²) in [5, 5.41) is 11.8. The zero-order valence-electron chi connectivity index (χ0n) is 7.32. The molecule has 0 aliphatic heterocycles. The van der Waals surface area contributed by atoms with Crippen molar-refractivity contribution in [1.29, 1.82) is 0 Å². The number of hydrogen-bond donors (Lipinski definition) is 2. The van der Waals surface area contributed by atoms with Crippen LogP contribution in [0.4, 0.5) is 13.2 Å². The van der Waals surface area contributed by atoms with Crippen molar-refractivity contribution in [3.05, 3.63) is 0 Å². The lowest BCUT2D eigenvalue weighted by atomic mass is 10.2. The van der Waals surface area contributed by atoms with Crippen LogP contribution in [0.5, 0.6) is 0 Å². The molecule has 0 bridgehead atoms. The summed E-state index contributed by atoms with van der Waals surface area (Å²) >= 11 is 0. The smallest absolute Gasteiger partial charge is 0.389 e. The number of aliphatic hydroxyl groups excluding tert-OH is 1. The van der Waals surface area contributed by atoms with E-state index in [1.807, 2.05) is 0 Å². The van der Waals surface area contributed by atoms with Crippen molar-refractivity contribution < 1.29 is 18.3 Å². The molecule has 0 atom stereocenters. The molecule has 0 amide bonds. The lowest BCUT2D eigenvalue weighted by molar-refractivity contribution is -0.135. The van der Waals surface area contributed by atoms with E-state index in [4.69, 9.17) is 5.11 Å². The van der Waals surface area contributed by atoms with E-state index in [1.54, 1.807) is 0 Å². The fraction of sp³-hybridized carbons (Fsp3) is 1.00. The third kappa shape index (κ3) is 3.95. The molecule has 2 N–H and O–H groups in total. The van der Waals surface area contributed by atoms with E-state index in [9.17, 15) is 13.2 Å². The molecule has 13 heavy (non-hydrogen) atoms. The summed E-state index contributed by atoms with van der Waals surface area (Å²) in [5.41, 5.74) is -0.244. The van der Waals surface area contributed by atoms with Crippen LogP contribution >= 0.6 is 0 Å². The molecule has 0 unspecified atom stereocenters. The lowest BCUT2D eigenvalue weighted by Gasteiger charge is -2.14. The molecule has 1 saturated carbocycles. The standard InChI is InChI=1S/C8H14F3NO/c9-8(10,11)2-1-5-12-7(6-13)3-4-7/h12-13H,1-6H2. The fourth-order valence-electron chi connectivity index (χ4n) is 1.18. The number of alkyl halides is 3. The first-order valence-corrected chi connectivity index (χ1v) is 4.40. The van der Waals surface area contributed by atoms with E-state index in [0.29, 0.717) is 6.54 Å². The van der Waals surface area contributed by atoms with Gasteiger partial charge in [0.2, 0.25) is 0 Å². The average molecular weight is 197 g/mol. The van der Waals surface area contributed by atoms with Gasteiger partial charge < -0.3 is 10.4 Å². The van der Waals surface area contributed by atoms with E-state index in [1.165, 1.54) is 0 Å². The number of nitrogens with one attached hydrogen (secondary N) is 1. The third-order valence-corrected chi connectivity index (χ3v) is 2.29. The average Bonchev–Trinajstić information content (AvgIpc) is 2.78. The Morgan fingerprint density at radius 1 is 1.31 bits per heavy atom. The summed E-state index contributed by atoms with van der Waals surface area (Å²) in [6.07, 6.45) is -2.98. The number of aliphatic hydroxyl groups is 1. The van der Waals surface area contributed by atoms with Crippen LogP contribution in [0.3, 0.4) is 0 Å². The van der Waals surface area contributed by atoms with Gasteiger partial charge in [0.1, 0.15) is 0 Å². The Bertz CT molecular complexity index is 165. The Labute approximate surface area is 75.1 Å². The van der Waals surface area contributed by atoms with Crippen LogP contribution in [-0.4, -0.2) is 30.0 Å². The highest BCUT2D eigenvalue weighted by molar-refractivity contribution is 5.01. The summed E-state index contributed by atoms with van der Waals surface area (Å²) in [6.45, 7) is 0.360. The maximum absolute atomic E-state index is 11.7. The van der Waals surface area contributed by atoms with Gasteiger partial charge in [-0.3, -0.25) is 0 Å². The first-order chi connectivity index (χ1) is 5.97. The van der Waals surface area contributed by atoms with Gasteiger partial charge in [0.15, 0.2) is 0 Å². The van der Waals surface area contributed by atoms with Gasteiger partial charge in [-0.05, 0) is 25.8 Å². The summed E-state index contributed by atoms with van der Waals surface area (Å²) in [5.74, 6) is 0. The zero-order chi connectivity index (χ0) is 9.95. The molecule has 0 aromatic heterocycles. The van der Waals surface area contributed by atoms with E-state index in [2.05, 4.69) is 5.32 Å². The van der Waals surface area contributed by atoms with Gasteiger partial charge in [-0.25, -0.2) is 0 Å². The van der Waals surface area contributed by atoms with Gasteiger partial charge in [0, 0.05) is 12.0 Å². The first-order valence-electron chi connectivity index (χ1n) is 4.40. The highest BCUT2D eigenvalue weighted by Crippen LogP contribution is 2.34. The molecule has 0 aromatic carbocycles. The second-order valence-electron chi connectivity index (χ2n) is 3.58. The maximum atomic E-state index is 11.7. The monoisotopic (exact) mass is 197 g/mol. The normalized spacial score (nSPS) is 20.3. The predicted molar refractivity (Wildman–Crippen MR) is 42.3 cm³/mol. The molecular formula is C8H14F3NO. The molecule has 1 aliphatic rings. The van der Waals surface area contributed by atoms with Crippen molar-refractivity contribution in [3.8, 4) is 0 Å². The van der Waals surface area contributed by atoms with E-state index >= 15 is 0 Å². The summed E-state index contributed by atoms with van der Waals surface area (Å²) in [7, 11) is 0. The van der Waals surface area contributed by atoms with E-state index < -0.39 is 12.6 Å². The minimum Gasteiger partial charge on any atom is -0.394 e. The minimum atomic E-state index is -4.06. The van der Waals surface area contributed by atoms with Crippen LogP contribution in [0.15, 0.2) is 0 Å².